The molecule has 2 aromatic rings. The Labute approximate surface area is 122 Å². The van der Waals surface area contributed by atoms with E-state index in [1.165, 1.54) is 16.9 Å². The van der Waals surface area contributed by atoms with E-state index in [1.807, 2.05) is 0 Å². The summed E-state index contributed by atoms with van der Waals surface area (Å²) in [6.45, 7) is 4.20. The molecule has 1 aliphatic rings. The third-order valence-corrected chi connectivity index (χ3v) is 5.11. The first-order valence-electron chi connectivity index (χ1n) is 6.62. The third kappa shape index (κ3) is 2.16. The summed E-state index contributed by atoms with van der Waals surface area (Å²) in [7, 11) is 1.69. The van der Waals surface area contributed by atoms with E-state index in [2.05, 4.69) is 23.8 Å². The smallest absolute Gasteiger partial charge is 0.160 e. The molecule has 5 heteroatoms. The van der Waals surface area contributed by atoms with E-state index in [0.29, 0.717) is 16.9 Å². The summed E-state index contributed by atoms with van der Waals surface area (Å²) in [6.07, 6.45) is 3.39. The van der Waals surface area contributed by atoms with Gasteiger partial charge in [0.05, 0.1) is 5.39 Å². The maximum Gasteiger partial charge on any atom is 0.160 e. The zero-order chi connectivity index (χ0) is 13.6. The molecule has 0 fully saturated rings. The Morgan fingerprint density at radius 2 is 2.05 bits per heavy atom. The summed E-state index contributed by atoms with van der Waals surface area (Å²) in [4.78, 5) is 11.6. The van der Waals surface area contributed by atoms with Gasteiger partial charge in [0.2, 0.25) is 0 Å². The molecule has 0 aromatic carbocycles. The molecule has 0 N–H and O–H groups in total. The first kappa shape index (κ1) is 13.3. The second-order valence-corrected chi connectivity index (χ2v) is 6.75. The highest BCUT2D eigenvalue weighted by Gasteiger charge is 2.25. The number of rotatable bonds is 3. The molecule has 1 aliphatic carbocycles. The molecule has 1 unspecified atom stereocenters. The maximum absolute atomic E-state index is 6.39. The van der Waals surface area contributed by atoms with Crippen LogP contribution in [0.2, 0.25) is 5.15 Å². The van der Waals surface area contributed by atoms with E-state index in [4.69, 9.17) is 16.3 Å². The molecule has 0 bridgehead atoms. The van der Waals surface area contributed by atoms with Crippen molar-refractivity contribution in [3.8, 4) is 0 Å². The normalized spacial score (nSPS) is 16.3. The minimum Gasteiger partial charge on any atom is -0.373 e. The van der Waals surface area contributed by atoms with Gasteiger partial charge in [0.1, 0.15) is 16.1 Å². The number of hydrogen-bond donors (Lipinski definition) is 0. The van der Waals surface area contributed by atoms with E-state index in [0.717, 1.165) is 23.1 Å². The molecule has 102 valence electrons. The lowest BCUT2D eigenvalue weighted by Crippen LogP contribution is -2.12. The number of nitrogens with zero attached hydrogens (tertiary/aromatic N) is 2. The zero-order valence-corrected chi connectivity index (χ0v) is 12.9. The van der Waals surface area contributed by atoms with E-state index in [9.17, 15) is 0 Å². The fourth-order valence-corrected chi connectivity index (χ4v) is 4.38. The van der Waals surface area contributed by atoms with Crippen LogP contribution < -0.4 is 0 Å². The van der Waals surface area contributed by atoms with Crippen LogP contribution in [0.4, 0.5) is 0 Å². The van der Waals surface area contributed by atoms with Crippen molar-refractivity contribution in [1.29, 1.82) is 0 Å². The molecule has 19 heavy (non-hydrogen) atoms. The summed E-state index contributed by atoms with van der Waals surface area (Å²) >= 11 is 8.16. The third-order valence-electron chi connectivity index (χ3n) is 3.65. The van der Waals surface area contributed by atoms with Gasteiger partial charge in [0.25, 0.3) is 0 Å². The predicted octanol–water partition coefficient (Wildman–Crippen LogP) is 4.18. The Hall–Kier alpha value is -0.710. The number of fused-ring (bicyclic) bond motifs is 3. The van der Waals surface area contributed by atoms with Crippen LogP contribution in [0.15, 0.2) is 0 Å². The maximum atomic E-state index is 6.39. The average molecular weight is 297 g/mol. The monoisotopic (exact) mass is 296 g/mol. The van der Waals surface area contributed by atoms with E-state index in [-0.39, 0.29) is 6.10 Å². The molecule has 3 nitrogen and oxygen atoms in total. The van der Waals surface area contributed by atoms with Crippen LogP contribution in [0.5, 0.6) is 0 Å². The molecule has 1 atom stereocenters. The summed E-state index contributed by atoms with van der Waals surface area (Å²) in [5, 5.41) is 1.66. The molecule has 0 amide bonds. The Kier molecular flexibility index (Phi) is 3.50. The molecular formula is C14H17ClN2OS. The van der Waals surface area contributed by atoms with Gasteiger partial charge in [0.15, 0.2) is 5.82 Å². The molecule has 0 saturated carbocycles. The number of methoxy groups -OCH3 is 1. The first-order chi connectivity index (χ1) is 9.11. The highest BCUT2D eigenvalue weighted by molar-refractivity contribution is 7.19. The lowest BCUT2D eigenvalue weighted by Gasteiger charge is -2.17. The van der Waals surface area contributed by atoms with Crippen LogP contribution in [0.1, 0.15) is 42.6 Å². The number of halogens is 1. The molecule has 0 radical (unpaired) electrons. The van der Waals surface area contributed by atoms with Gasteiger partial charge in [-0.05, 0) is 30.7 Å². The lowest BCUT2D eigenvalue weighted by atomic mass is 10.1. The fraction of sp³-hybridized carbons (Fsp3) is 0.571. The second kappa shape index (κ2) is 5.00. The van der Waals surface area contributed by atoms with Gasteiger partial charge in [-0.25, -0.2) is 9.97 Å². The highest BCUT2D eigenvalue weighted by Crippen LogP contribution is 2.40. The fourth-order valence-electron chi connectivity index (χ4n) is 2.77. The quantitative estimate of drug-likeness (QED) is 0.797. The van der Waals surface area contributed by atoms with E-state index < -0.39 is 0 Å². The van der Waals surface area contributed by atoms with Gasteiger partial charge in [-0.2, -0.15) is 0 Å². The molecule has 0 saturated heterocycles. The zero-order valence-electron chi connectivity index (χ0n) is 11.4. The Bertz CT molecular complexity index is 623. The van der Waals surface area contributed by atoms with Gasteiger partial charge >= 0.3 is 0 Å². The molecule has 2 heterocycles. The minimum atomic E-state index is -0.0983. The van der Waals surface area contributed by atoms with E-state index >= 15 is 0 Å². The van der Waals surface area contributed by atoms with Gasteiger partial charge in [-0.1, -0.05) is 25.4 Å². The summed E-state index contributed by atoms with van der Waals surface area (Å²) < 4.78 is 5.50. The number of ether oxygens (including phenoxy) is 1. The van der Waals surface area contributed by atoms with Crippen molar-refractivity contribution in [3.63, 3.8) is 0 Å². The van der Waals surface area contributed by atoms with Crippen LogP contribution >= 0.6 is 22.9 Å². The van der Waals surface area contributed by atoms with Crippen LogP contribution in [0, 0.1) is 5.92 Å². The summed E-state index contributed by atoms with van der Waals surface area (Å²) in [5.74, 6) is 1.03. The number of aryl methyl sites for hydroxylation is 2. The van der Waals surface area contributed by atoms with Crippen LogP contribution in [-0.4, -0.2) is 17.1 Å². The number of thiophene rings is 1. The van der Waals surface area contributed by atoms with Crippen molar-refractivity contribution in [2.45, 2.75) is 39.2 Å². The Balaban J connectivity index is 2.15. The van der Waals surface area contributed by atoms with Gasteiger partial charge < -0.3 is 4.74 Å². The topological polar surface area (TPSA) is 35.0 Å². The summed E-state index contributed by atoms with van der Waals surface area (Å²) in [6, 6.07) is 0. The molecule has 0 spiro atoms. The van der Waals surface area contributed by atoms with E-state index in [1.54, 1.807) is 18.4 Å². The largest absolute Gasteiger partial charge is 0.373 e. The Morgan fingerprint density at radius 1 is 1.26 bits per heavy atom. The van der Waals surface area contributed by atoms with Crippen molar-refractivity contribution < 1.29 is 4.74 Å². The SMILES string of the molecule is COC(c1nc(Cl)c2c3c(sc2n1)CCC3)C(C)C. The predicted molar refractivity (Wildman–Crippen MR) is 79.0 cm³/mol. The molecular weight excluding hydrogens is 280 g/mol. The van der Waals surface area contributed by atoms with Crippen LogP contribution in [0.25, 0.3) is 10.2 Å². The van der Waals surface area contributed by atoms with Crippen molar-refractivity contribution >= 4 is 33.2 Å². The molecule has 3 rings (SSSR count). The minimum absolute atomic E-state index is 0.0983. The second-order valence-electron chi connectivity index (χ2n) is 5.31. The highest BCUT2D eigenvalue weighted by atomic mass is 35.5. The standard InChI is InChI=1S/C14H17ClN2OS/c1-7(2)11(18-3)13-16-12(15)10-8-5-4-6-9(8)19-14(10)17-13/h7,11H,4-6H2,1-3H3. The van der Waals surface area contributed by atoms with Crippen molar-refractivity contribution in [1.82, 2.24) is 9.97 Å². The average Bonchev–Trinajstić information content (AvgIpc) is 2.88. The van der Waals surface area contributed by atoms with Crippen molar-refractivity contribution in [2.24, 2.45) is 5.92 Å². The van der Waals surface area contributed by atoms with Gasteiger partial charge in [0, 0.05) is 12.0 Å². The Morgan fingerprint density at radius 3 is 2.74 bits per heavy atom. The van der Waals surface area contributed by atoms with Gasteiger partial charge in [-0.15, -0.1) is 11.3 Å². The number of hydrogen-bond acceptors (Lipinski definition) is 4. The number of aromatic nitrogens is 2. The van der Waals surface area contributed by atoms with Crippen LogP contribution in [-0.2, 0) is 17.6 Å². The molecule has 2 aromatic heterocycles. The van der Waals surface area contributed by atoms with Crippen molar-refractivity contribution in [2.75, 3.05) is 7.11 Å². The first-order valence-corrected chi connectivity index (χ1v) is 7.81. The van der Waals surface area contributed by atoms with Crippen LogP contribution in [0.3, 0.4) is 0 Å². The summed E-state index contributed by atoms with van der Waals surface area (Å²) in [5.41, 5.74) is 1.37. The lowest BCUT2D eigenvalue weighted by molar-refractivity contribution is 0.0578. The van der Waals surface area contributed by atoms with Gasteiger partial charge in [-0.3, -0.25) is 0 Å². The molecule has 0 aliphatic heterocycles. The van der Waals surface area contributed by atoms with Crippen molar-refractivity contribution in [3.05, 3.63) is 21.4 Å².